The van der Waals surface area contributed by atoms with Crippen molar-refractivity contribution in [3.8, 4) is 22.4 Å². The first-order chi connectivity index (χ1) is 12.5. The van der Waals surface area contributed by atoms with Crippen molar-refractivity contribution in [1.29, 1.82) is 0 Å². The fourth-order valence-corrected chi connectivity index (χ4v) is 4.57. The van der Waals surface area contributed by atoms with Gasteiger partial charge in [0.25, 0.3) is 0 Å². The van der Waals surface area contributed by atoms with Crippen LogP contribution in [0.5, 0.6) is 0 Å². The number of aromatic nitrogens is 1. The zero-order chi connectivity index (χ0) is 17.9. The van der Waals surface area contributed by atoms with Gasteiger partial charge in [-0.15, -0.1) is 0 Å². The Morgan fingerprint density at radius 3 is 1.85 bits per heavy atom. The van der Waals surface area contributed by atoms with E-state index in [9.17, 15) is 0 Å². The maximum absolute atomic E-state index is 4.80. The molecule has 0 spiro atoms. The minimum Gasteiger partial charge on any atom is -0.256 e. The second kappa shape index (κ2) is 5.54. The first kappa shape index (κ1) is 15.8. The molecule has 0 aliphatic heterocycles. The van der Waals surface area contributed by atoms with Crippen LogP contribution in [0.1, 0.15) is 48.6 Å². The molecule has 26 heavy (non-hydrogen) atoms. The van der Waals surface area contributed by atoms with E-state index in [2.05, 4.69) is 63.2 Å². The van der Waals surface area contributed by atoms with E-state index in [1.807, 2.05) is 6.20 Å². The summed E-state index contributed by atoms with van der Waals surface area (Å²) in [5.41, 5.74) is 13.0. The average Bonchev–Trinajstić information content (AvgIpc) is 2.65. The molecule has 0 unspecified atom stereocenters. The normalized spacial score (nSPS) is 14.9. The largest absolute Gasteiger partial charge is 0.256 e. The Balaban J connectivity index is 1.63. The SMILES string of the molecule is CC(C)(C)c1ccc(-c2cc3c4c(c2)CCc2cccc(c2-4)CC3)nc1. The molecular weight excluding hydrogens is 314 g/mol. The fourth-order valence-electron chi connectivity index (χ4n) is 4.57. The highest BCUT2D eigenvalue weighted by Crippen LogP contribution is 2.43. The van der Waals surface area contributed by atoms with Gasteiger partial charge in [-0.2, -0.15) is 0 Å². The molecule has 0 fully saturated rings. The minimum absolute atomic E-state index is 0.146. The minimum atomic E-state index is 0.146. The molecule has 0 amide bonds. The van der Waals surface area contributed by atoms with E-state index in [0.29, 0.717) is 0 Å². The van der Waals surface area contributed by atoms with Crippen LogP contribution in [0.15, 0.2) is 48.7 Å². The Kier molecular flexibility index (Phi) is 3.37. The second-order valence-corrected chi connectivity index (χ2v) is 8.80. The molecule has 1 aromatic heterocycles. The van der Waals surface area contributed by atoms with Gasteiger partial charge in [-0.25, -0.2) is 0 Å². The molecule has 2 aliphatic rings. The highest BCUT2D eigenvalue weighted by molar-refractivity contribution is 5.83. The van der Waals surface area contributed by atoms with Gasteiger partial charge in [0.2, 0.25) is 0 Å². The number of aryl methyl sites for hydroxylation is 4. The van der Waals surface area contributed by atoms with Gasteiger partial charge in [0, 0.05) is 11.8 Å². The number of pyridine rings is 1. The van der Waals surface area contributed by atoms with Gasteiger partial charge in [-0.1, -0.05) is 45.0 Å². The van der Waals surface area contributed by atoms with E-state index in [4.69, 9.17) is 4.98 Å². The summed E-state index contributed by atoms with van der Waals surface area (Å²) in [5.74, 6) is 0. The third kappa shape index (κ3) is 2.41. The van der Waals surface area contributed by atoms with Gasteiger partial charge in [0.05, 0.1) is 5.69 Å². The lowest BCUT2D eigenvalue weighted by atomic mass is 9.75. The van der Waals surface area contributed by atoms with Crippen LogP contribution >= 0.6 is 0 Å². The first-order valence-electron chi connectivity index (χ1n) is 9.74. The third-order valence-electron chi connectivity index (χ3n) is 6.04. The van der Waals surface area contributed by atoms with Gasteiger partial charge in [-0.05, 0) is 88.2 Å². The highest BCUT2D eigenvalue weighted by Gasteiger charge is 2.26. The van der Waals surface area contributed by atoms with E-state index in [1.54, 1.807) is 0 Å². The maximum atomic E-state index is 4.80. The Bertz CT molecular complexity index is 956. The van der Waals surface area contributed by atoms with Crippen LogP contribution in [-0.4, -0.2) is 4.98 Å². The lowest BCUT2D eigenvalue weighted by Crippen LogP contribution is -2.14. The molecule has 0 atom stereocenters. The molecule has 2 aromatic carbocycles. The summed E-state index contributed by atoms with van der Waals surface area (Å²) in [6.45, 7) is 6.71. The van der Waals surface area contributed by atoms with Crippen molar-refractivity contribution in [2.45, 2.75) is 51.9 Å². The average molecular weight is 339 g/mol. The lowest BCUT2D eigenvalue weighted by molar-refractivity contribution is 0.587. The van der Waals surface area contributed by atoms with Crippen LogP contribution in [0.3, 0.4) is 0 Å². The smallest absolute Gasteiger partial charge is 0.0702 e. The lowest BCUT2D eigenvalue weighted by Gasteiger charge is -2.30. The molecule has 5 rings (SSSR count). The molecule has 1 heterocycles. The predicted molar refractivity (Wildman–Crippen MR) is 109 cm³/mol. The summed E-state index contributed by atoms with van der Waals surface area (Å²) in [4.78, 5) is 4.80. The van der Waals surface area contributed by atoms with Gasteiger partial charge >= 0.3 is 0 Å². The van der Waals surface area contributed by atoms with Crippen molar-refractivity contribution in [3.63, 3.8) is 0 Å². The molecular formula is C25H25N. The summed E-state index contributed by atoms with van der Waals surface area (Å²) in [5, 5.41) is 0. The number of hydrogen-bond donors (Lipinski definition) is 0. The van der Waals surface area contributed by atoms with Crippen LogP contribution in [-0.2, 0) is 31.1 Å². The molecule has 2 aliphatic carbocycles. The van der Waals surface area contributed by atoms with E-state index in [-0.39, 0.29) is 5.41 Å². The monoisotopic (exact) mass is 339 g/mol. The second-order valence-electron chi connectivity index (χ2n) is 8.80. The Morgan fingerprint density at radius 1 is 0.731 bits per heavy atom. The number of nitrogens with zero attached hydrogens (tertiary/aromatic N) is 1. The van der Waals surface area contributed by atoms with Crippen molar-refractivity contribution < 1.29 is 0 Å². The number of rotatable bonds is 1. The van der Waals surface area contributed by atoms with Crippen molar-refractivity contribution in [2.24, 2.45) is 0 Å². The summed E-state index contributed by atoms with van der Waals surface area (Å²) >= 11 is 0. The van der Waals surface area contributed by atoms with Crippen molar-refractivity contribution >= 4 is 0 Å². The molecule has 3 aromatic rings. The van der Waals surface area contributed by atoms with Crippen LogP contribution < -0.4 is 0 Å². The van der Waals surface area contributed by atoms with E-state index in [1.165, 1.54) is 44.5 Å². The van der Waals surface area contributed by atoms with Crippen molar-refractivity contribution in [3.05, 3.63) is 76.5 Å². The third-order valence-corrected chi connectivity index (χ3v) is 6.04. The van der Waals surface area contributed by atoms with Crippen molar-refractivity contribution in [2.75, 3.05) is 0 Å². The molecule has 0 saturated carbocycles. The first-order valence-corrected chi connectivity index (χ1v) is 9.74. The molecule has 0 saturated heterocycles. The standard InChI is InChI=1S/C25H25N/c1-25(2,3)21-11-12-22(26-15-21)20-13-18-9-7-16-5-4-6-17-8-10-19(14-20)24(18)23(16)17/h4-6,11-15H,7-10H2,1-3H3. The number of benzene rings is 2. The molecule has 0 radical (unpaired) electrons. The molecule has 1 heteroatoms. The molecule has 130 valence electrons. The molecule has 0 bridgehead atoms. The molecule has 1 nitrogen and oxygen atoms in total. The zero-order valence-electron chi connectivity index (χ0n) is 15.9. The predicted octanol–water partition coefficient (Wildman–Crippen LogP) is 5.91. The van der Waals surface area contributed by atoms with Crippen LogP contribution in [0.4, 0.5) is 0 Å². The quantitative estimate of drug-likeness (QED) is 0.537. The summed E-state index contributed by atoms with van der Waals surface area (Å²) in [7, 11) is 0. The van der Waals surface area contributed by atoms with Crippen LogP contribution in [0.25, 0.3) is 22.4 Å². The molecule has 0 N–H and O–H groups in total. The van der Waals surface area contributed by atoms with Gasteiger partial charge in [0.15, 0.2) is 0 Å². The van der Waals surface area contributed by atoms with E-state index in [0.717, 1.165) is 31.4 Å². The summed E-state index contributed by atoms with van der Waals surface area (Å²) in [6.07, 6.45) is 6.66. The summed E-state index contributed by atoms with van der Waals surface area (Å²) in [6, 6.07) is 16.1. The van der Waals surface area contributed by atoms with Crippen molar-refractivity contribution in [1.82, 2.24) is 4.98 Å². The van der Waals surface area contributed by atoms with E-state index < -0.39 is 0 Å². The van der Waals surface area contributed by atoms with Gasteiger partial charge < -0.3 is 0 Å². The Labute approximate surface area is 156 Å². The number of hydrogen-bond acceptors (Lipinski definition) is 1. The van der Waals surface area contributed by atoms with E-state index >= 15 is 0 Å². The highest BCUT2D eigenvalue weighted by atomic mass is 14.7. The van der Waals surface area contributed by atoms with Crippen LogP contribution in [0, 0.1) is 0 Å². The zero-order valence-corrected chi connectivity index (χ0v) is 15.9. The maximum Gasteiger partial charge on any atom is 0.0702 e. The topological polar surface area (TPSA) is 12.9 Å². The Hall–Kier alpha value is -2.41. The summed E-state index contributed by atoms with van der Waals surface area (Å²) < 4.78 is 0. The van der Waals surface area contributed by atoms with Gasteiger partial charge in [0.1, 0.15) is 0 Å². The van der Waals surface area contributed by atoms with Gasteiger partial charge in [-0.3, -0.25) is 4.98 Å². The Morgan fingerprint density at radius 2 is 1.31 bits per heavy atom. The fraction of sp³-hybridized carbons (Fsp3) is 0.320. The van der Waals surface area contributed by atoms with Crippen LogP contribution in [0.2, 0.25) is 0 Å².